The molecule has 29 heavy (non-hydrogen) atoms. The Morgan fingerprint density at radius 1 is 0.724 bits per heavy atom. The van der Waals surface area contributed by atoms with Gasteiger partial charge in [0.05, 0.1) is 66.1 Å². The van der Waals surface area contributed by atoms with Gasteiger partial charge in [-0.25, -0.2) is 4.98 Å². The van der Waals surface area contributed by atoms with Gasteiger partial charge in [0.15, 0.2) is 6.29 Å². The van der Waals surface area contributed by atoms with Crippen molar-refractivity contribution in [3.63, 3.8) is 0 Å². The smallest absolute Gasteiger partial charge is 0.207 e. The van der Waals surface area contributed by atoms with Crippen LogP contribution in [-0.4, -0.2) is 96.8 Å². The van der Waals surface area contributed by atoms with Crippen molar-refractivity contribution in [1.82, 2.24) is 10.3 Å². The molecule has 164 valence electrons. The summed E-state index contributed by atoms with van der Waals surface area (Å²) < 4.78 is 26.8. The molecule has 0 saturated heterocycles. The molecule has 1 rings (SSSR count). The van der Waals surface area contributed by atoms with Crippen LogP contribution in [0, 0.1) is 0 Å². The van der Waals surface area contributed by atoms with Crippen LogP contribution in [0.4, 0.5) is 5.82 Å². The van der Waals surface area contributed by atoms with Crippen LogP contribution in [-0.2, 0) is 28.5 Å². The van der Waals surface area contributed by atoms with E-state index in [1.165, 1.54) is 0 Å². The van der Waals surface area contributed by atoms with Gasteiger partial charge in [0.1, 0.15) is 11.5 Å². The molecule has 2 N–H and O–H groups in total. The number of pyridine rings is 1. The summed E-state index contributed by atoms with van der Waals surface area (Å²) in [5.41, 5.74) is 0.396. The van der Waals surface area contributed by atoms with Gasteiger partial charge < -0.3 is 34.3 Å². The Hall–Kier alpha value is -2.11. The van der Waals surface area contributed by atoms with E-state index in [0.717, 1.165) is 0 Å². The van der Waals surface area contributed by atoms with Crippen molar-refractivity contribution >= 4 is 18.5 Å². The maximum absolute atomic E-state index is 10.7. The fraction of sp³-hybridized carbons (Fsp3) is 0.632. The van der Waals surface area contributed by atoms with E-state index in [1.807, 2.05) is 0 Å². The van der Waals surface area contributed by atoms with Crippen LogP contribution in [0.25, 0.3) is 0 Å². The van der Waals surface area contributed by atoms with E-state index < -0.39 is 0 Å². The van der Waals surface area contributed by atoms with Crippen molar-refractivity contribution in [2.45, 2.75) is 0 Å². The highest BCUT2D eigenvalue weighted by atomic mass is 16.6. The molecule has 1 aromatic rings. The highest BCUT2D eigenvalue weighted by Crippen LogP contribution is 2.02. The Bertz CT molecular complexity index is 534. The van der Waals surface area contributed by atoms with Crippen molar-refractivity contribution in [2.24, 2.45) is 0 Å². The second-order valence-corrected chi connectivity index (χ2v) is 5.63. The number of nitrogens with zero attached hydrogens (tertiary/aromatic N) is 1. The number of amides is 1. The number of ether oxygens (including phenoxy) is 5. The zero-order chi connectivity index (χ0) is 20.8. The molecule has 0 fully saturated rings. The molecule has 0 unspecified atom stereocenters. The normalized spacial score (nSPS) is 10.6. The third-order valence-corrected chi connectivity index (χ3v) is 3.41. The van der Waals surface area contributed by atoms with E-state index in [9.17, 15) is 9.59 Å². The molecule has 1 amide bonds. The monoisotopic (exact) mass is 413 g/mol. The van der Waals surface area contributed by atoms with E-state index >= 15 is 0 Å². The second kappa shape index (κ2) is 19.2. The number of hydrogen-bond acceptors (Lipinski definition) is 9. The third kappa shape index (κ3) is 15.5. The summed E-state index contributed by atoms with van der Waals surface area (Å²) in [5, 5.41) is 5.59. The molecule has 10 nitrogen and oxygen atoms in total. The molecule has 1 heterocycles. The van der Waals surface area contributed by atoms with Crippen molar-refractivity contribution in [1.29, 1.82) is 0 Å². The highest BCUT2D eigenvalue weighted by Gasteiger charge is 1.96. The molecule has 0 atom stereocenters. The lowest BCUT2D eigenvalue weighted by Gasteiger charge is -2.08. The van der Waals surface area contributed by atoms with Gasteiger partial charge in [0.25, 0.3) is 0 Å². The van der Waals surface area contributed by atoms with Crippen molar-refractivity contribution in [3.05, 3.63) is 23.9 Å². The minimum absolute atomic E-state index is 0.396. The summed E-state index contributed by atoms with van der Waals surface area (Å²) in [7, 11) is 0. The van der Waals surface area contributed by atoms with E-state index in [4.69, 9.17) is 23.7 Å². The SMILES string of the molecule is O=CNCCOCCOCCOCCOCCOCCNc1cccc(C=O)n1. The average Bonchev–Trinajstić information content (AvgIpc) is 2.75. The Morgan fingerprint density at radius 3 is 1.76 bits per heavy atom. The topological polar surface area (TPSA) is 117 Å². The number of anilines is 1. The highest BCUT2D eigenvalue weighted by molar-refractivity contribution is 5.72. The van der Waals surface area contributed by atoms with Crippen molar-refractivity contribution in [2.75, 3.05) is 84.5 Å². The van der Waals surface area contributed by atoms with Crippen LogP contribution >= 0.6 is 0 Å². The summed E-state index contributed by atoms with van der Waals surface area (Å²) in [4.78, 5) is 24.8. The number of aldehydes is 1. The molecule has 10 heteroatoms. The van der Waals surface area contributed by atoms with Crippen molar-refractivity contribution in [3.8, 4) is 0 Å². The molecular formula is C19H31N3O7. The first-order valence-corrected chi connectivity index (χ1v) is 9.58. The zero-order valence-corrected chi connectivity index (χ0v) is 16.7. The maximum Gasteiger partial charge on any atom is 0.207 e. The Labute approximate surface area is 171 Å². The molecule has 0 saturated carbocycles. The number of hydrogen-bond donors (Lipinski definition) is 2. The van der Waals surface area contributed by atoms with Gasteiger partial charge >= 0.3 is 0 Å². The lowest BCUT2D eigenvalue weighted by molar-refractivity contribution is -0.109. The molecular weight excluding hydrogens is 382 g/mol. The van der Waals surface area contributed by atoms with Gasteiger partial charge in [0, 0.05) is 13.1 Å². The van der Waals surface area contributed by atoms with Crippen LogP contribution in [0.15, 0.2) is 18.2 Å². The van der Waals surface area contributed by atoms with Gasteiger partial charge in [-0.05, 0) is 12.1 Å². The van der Waals surface area contributed by atoms with Crippen molar-refractivity contribution < 1.29 is 33.3 Å². The van der Waals surface area contributed by atoms with Gasteiger partial charge in [-0.3, -0.25) is 9.59 Å². The van der Waals surface area contributed by atoms with E-state index in [1.54, 1.807) is 18.2 Å². The molecule has 0 aliphatic rings. The predicted molar refractivity (Wildman–Crippen MR) is 106 cm³/mol. The van der Waals surface area contributed by atoms with E-state index in [-0.39, 0.29) is 0 Å². The molecule has 0 spiro atoms. The number of aromatic nitrogens is 1. The van der Waals surface area contributed by atoms with E-state index in [2.05, 4.69) is 15.6 Å². The third-order valence-electron chi connectivity index (χ3n) is 3.41. The minimum atomic E-state index is 0.396. The first kappa shape index (κ1) is 24.9. The fourth-order valence-corrected chi connectivity index (χ4v) is 2.04. The maximum atomic E-state index is 10.7. The Kier molecular flexibility index (Phi) is 16.5. The second-order valence-electron chi connectivity index (χ2n) is 5.63. The molecule has 0 radical (unpaired) electrons. The van der Waals surface area contributed by atoms with Crippen LogP contribution in [0.3, 0.4) is 0 Å². The quantitative estimate of drug-likeness (QED) is 0.214. The fourth-order valence-electron chi connectivity index (χ4n) is 2.04. The van der Waals surface area contributed by atoms with Crippen LogP contribution < -0.4 is 10.6 Å². The summed E-state index contributed by atoms with van der Waals surface area (Å²) >= 11 is 0. The number of rotatable bonds is 21. The average molecular weight is 413 g/mol. The van der Waals surface area contributed by atoms with Gasteiger partial charge in [-0.1, -0.05) is 6.07 Å². The van der Waals surface area contributed by atoms with E-state index in [0.29, 0.717) is 103 Å². The lowest BCUT2D eigenvalue weighted by Crippen LogP contribution is -2.19. The summed E-state index contributed by atoms with van der Waals surface area (Å²) in [5.74, 6) is 0.648. The zero-order valence-electron chi connectivity index (χ0n) is 16.7. The lowest BCUT2D eigenvalue weighted by atomic mass is 10.3. The Morgan fingerprint density at radius 2 is 1.24 bits per heavy atom. The molecule has 0 aliphatic carbocycles. The summed E-state index contributed by atoms with van der Waals surface area (Å²) in [6.07, 6.45) is 1.35. The molecule has 0 aromatic carbocycles. The number of carbonyl (C=O) groups excluding carboxylic acids is 2. The minimum Gasteiger partial charge on any atom is -0.377 e. The predicted octanol–water partition coefficient (Wildman–Crippen LogP) is 0.135. The summed E-state index contributed by atoms with van der Waals surface area (Å²) in [6.45, 7) is 6.05. The van der Waals surface area contributed by atoms with Crippen LogP contribution in [0.5, 0.6) is 0 Å². The Balaban J connectivity index is 1.75. The van der Waals surface area contributed by atoms with Gasteiger partial charge in [0.2, 0.25) is 6.41 Å². The largest absolute Gasteiger partial charge is 0.377 e. The number of carbonyl (C=O) groups is 2. The van der Waals surface area contributed by atoms with Crippen LogP contribution in [0.2, 0.25) is 0 Å². The van der Waals surface area contributed by atoms with Crippen LogP contribution in [0.1, 0.15) is 10.5 Å². The first-order valence-electron chi connectivity index (χ1n) is 9.58. The first-order chi connectivity index (χ1) is 14.4. The van der Waals surface area contributed by atoms with Gasteiger partial charge in [-0.2, -0.15) is 0 Å². The molecule has 0 bridgehead atoms. The summed E-state index contributed by atoms with van der Waals surface area (Å²) in [6, 6.07) is 5.22. The molecule has 1 aromatic heterocycles. The number of nitrogens with one attached hydrogen (secondary N) is 2. The standard InChI is InChI=1S/C19H31N3O7/c23-16-18-2-1-3-19(22-18)21-5-7-26-9-11-28-13-15-29-14-12-27-10-8-25-6-4-20-17-24/h1-3,16-17H,4-15H2,(H,20,24)(H,21,22). The van der Waals surface area contributed by atoms with Gasteiger partial charge in [-0.15, -0.1) is 0 Å². The molecule has 0 aliphatic heterocycles.